The van der Waals surface area contributed by atoms with Crippen LogP contribution in [0.5, 0.6) is 0 Å². The van der Waals surface area contributed by atoms with E-state index in [9.17, 15) is 19.0 Å². The first-order valence-corrected chi connectivity index (χ1v) is 44.3. The van der Waals surface area contributed by atoms with Gasteiger partial charge in [0.15, 0.2) is 6.10 Å². The largest absolute Gasteiger partial charge is 0.756 e. The van der Waals surface area contributed by atoms with Gasteiger partial charge in [-0.3, -0.25) is 14.2 Å². The quantitative estimate of drug-likeness (QED) is 0.0195. The van der Waals surface area contributed by atoms with Crippen molar-refractivity contribution in [3.05, 3.63) is 207 Å². The lowest BCUT2D eigenvalue weighted by molar-refractivity contribution is -0.870. The van der Waals surface area contributed by atoms with Gasteiger partial charge in [0.2, 0.25) is 0 Å². The maximum atomic E-state index is 12.9. The van der Waals surface area contributed by atoms with E-state index >= 15 is 0 Å². The van der Waals surface area contributed by atoms with E-state index in [0.29, 0.717) is 17.4 Å². The van der Waals surface area contributed by atoms with Gasteiger partial charge in [0, 0.05) is 12.8 Å². The summed E-state index contributed by atoms with van der Waals surface area (Å²) in [5, 5.41) is 0. The molecule has 0 rings (SSSR count). The lowest BCUT2D eigenvalue weighted by atomic mass is 10.0. The summed E-state index contributed by atoms with van der Waals surface area (Å²) in [6, 6.07) is 0. The normalized spacial score (nSPS) is 14.1. The molecule has 0 radical (unpaired) electrons. The molecule has 10 heteroatoms. The van der Waals surface area contributed by atoms with Crippen LogP contribution in [-0.2, 0) is 32.7 Å². The first kappa shape index (κ1) is 101. The monoisotopic (exact) mass is 1480 g/mol. The topological polar surface area (TPSA) is 111 Å². The molecule has 0 saturated carbocycles. The molecular formula is C96H158NO8P. The number of rotatable bonds is 77. The first-order chi connectivity index (χ1) is 52.0. The molecule has 0 bridgehead atoms. The lowest BCUT2D eigenvalue weighted by Crippen LogP contribution is -2.37. The summed E-state index contributed by atoms with van der Waals surface area (Å²) in [4.78, 5) is 38.2. The van der Waals surface area contributed by atoms with Gasteiger partial charge in [-0.1, -0.05) is 381 Å². The third-order valence-electron chi connectivity index (χ3n) is 17.8. The van der Waals surface area contributed by atoms with E-state index in [0.717, 1.165) is 161 Å². The maximum Gasteiger partial charge on any atom is 0.306 e. The third-order valence-corrected chi connectivity index (χ3v) is 18.8. The molecule has 0 amide bonds. The standard InChI is InChI=1S/C96H158NO8P/c1-6-8-10-12-14-16-18-20-22-24-26-28-30-32-34-36-38-40-42-44-46-48-50-52-54-56-58-60-62-64-66-68-70-72-74-76-78-80-82-84-86-88-95(98)102-92-94(93-104-106(100,101)103-91-90-97(3,4)5)105-96(99)89-87-85-83-81-79-77-75-73-71-69-67-65-63-61-59-57-55-53-51-49-47-45-43-41-39-37-35-33-31-29-27-25-23-21-19-17-15-13-11-9-7-2/h8-11,14-17,20-23,26-29,32-35,38-41,45,47,51,53,57,59,63,65,69,71,94H,6-7,12-13,18-19,24-25,30-31,36-37,42-44,46,48-50,52,54-56,58,60-62,64,66-68,70,72-93H2,1-5H3/b10-8-,11-9-,16-14-,17-15-,22-20-,23-21-,28-26-,29-27-,34-32-,35-33-,40-38-,41-39-,47-45-,53-51-,59-57-,65-63-,71-69-. The number of quaternary nitrogens is 1. The predicted octanol–water partition coefficient (Wildman–Crippen LogP) is 28.6. The number of hydrogen-bond acceptors (Lipinski definition) is 8. The summed E-state index contributed by atoms with van der Waals surface area (Å²) >= 11 is 0. The molecule has 0 heterocycles. The van der Waals surface area contributed by atoms with Crippen molar-refractivity contribution in [3.8, 4) is 0 Å². The Morgan fingerprint density at radius 2 is 0.509 bits per heavy atom. The SMILES string of the molecule is CC/C=C\C/C=C\C/C=C\C/C=C\C/C=C\C/C=C\C/C=C\C/C=C\C/C=C\C/C=C\C/C=C\CCCCCCCCCC(=O)OC(COC(=O)CCCCCCCCCCCCCCCCCCCCCCCC/C=C\C/C=C\C/C=C\C/C=C\C/C=C\C/C=C\CC)COP(=O)([O-])OCC[N+](C)(C)C. The molecule has 0 aromatic carbocycles. The average Bonchev–Trinajstić information content (AvgIpc) is 0.908. The zero-order valence-electron chi connectivity index (χ0n) is 68.6. The molecule has 600 valence electrons. The Bertz CT molecular complexity index is 2560. The summed E-state index contributed by atoms with van der Waals surface area (Å²) in [7, 11) is 1.15. The highest BCUT2D eigenvalue weighted by Gasteiger charge is 2.22. The van der Waals surface area contributed by atoms with Gasteiger partial charge in [-0.05, 0) is 148 Å². The Labute approximate surface area is 653 Å². The van der Waals surface area contributed by atoms with Crippen LogP contribution in [0.15, 0.2) is 207 Å². The van der Waals surface area contributed by atoms with E-state index in [-0.39, 0.29) is 32.0 Å². The van der Waals surface area contributed by atoms with Crippen LogP contribution in [0.25, 0.3) is 0 Å². The van der Waals surface area contributed by atoms with Crippen molar-refractivity contribution >= 4 is 19.8 Å². The van der Waals surface area contributed by atoms with Gasteiger partial charge in [-0.25, -0.2) is 0 Å². The molecule has 9 nitrogen and oxygen atoms in total. The van der Waals surface area contributed by atoms with Crippen molar-refractivity contribution in [2.45, 2.75) is 341 Å². The predicted molar refractivity (Wildman–Crippen MR) is 461 cm³/mol. The van der Waals surface area contributed by atoms with Crippen LogP contribution in [0.4, 0.5) is 0 Å². The van der Waals surface area contributed by atoms with Crippen LogP contribution in [0.3, 0.4) is 0 Å². The number of carbonyl (C=O) groups excluding carboxylic acids is 2. The molecular weight excluding hydrogens is 1330 g/mol. The van der Waals surface area contributed by atoms with Crippen LogP contribution in [-0.4, -0.2) is 70.0 Å². The van der Waals surface area contributed by atoms with Gasteiger partial charge in [-0.2, -0.15) is 0 Å². The number of hydrogen-bond donors (Lipinski definition) is 0. The second kappa shape index (κ2) is 83.6. The number of likely N-dealkylation sites (N-methyl/N-ethyl adjacent to an activating group) is 1. The van der Waals surface area contributed by atoms with E-state index in [1.807, 2.05) is 21.1 Å². The molecule has 0 aromatic heterocycles. The molecule has 0 aliphatic carbocycles. The number of ether oxygens (including phenoxy) is 2. The second-order valence-corrected chi connectivity index (χ2v) is 30.5. The lowest BCUT2D eigenvalue weighted by Gasteiger charge is -2.28. The van der Waals surface area contributed by atoms with Crippen molar-refractivity contribution in [2.24, 2.45) is 0 Å². The fraction of sp³-hybridized carbons (Fsp3) is 0.625. The Morgan fingerprint density at radius 3 is 0.755 bits per heavy atom. The average molecular weight is 1490 g/mol. The minimum Gasteiger partial charge on any atom is -0.756 e. The highest BCUT2D eigenvalue weighted by atomic mass is 31.2. The molecule has 0 saturated heterocycles. The van der Waals surface area contributed by atoms with Crippen LogP contribution >= 0.6 is 7.82 Å². The summed E-state index contributed by atoms with van der Waals surface area (Å²) in [5.74, 6) is -0.847. The summed E-state index contributed by atoms with van der Waals surface area (Å²) in [6.45, 7) is 4.01. The first-order valence-electron chi connectivity index (χ1n) is 42.8. The Kier molecular flexibility index (Phi) is 79.4. The highest BCUT2D eigenvalue weighted by Crippen LogP contribution is 2.38. The van der Waals surface area contributed by atoms with Gasteiger partial charge in [0.1, 0.15) is 19.8 Å². The number of nitrogens with zero attached hydrogens (tertiary/aromatic N) is 1. The maximum absolute atomic E-state index is 12.9. The summed E-state index contributed by atoms with van der Waals surface area (Å²) < 4.78 is 34.4. The van der Waals surface area contributed by atoms with Gasteiger partial charge < -0.3 is 27.9 Å². The second-order valence-electron chi connectivity index (χ2n) is 29.1. The van der Waals surface area contributed by atoms with Gasteiger partial charge in [0.05, 0.1) is 27.7 Å². The number of phosphoric ester groups is 1. The van der Waals surface area contributed by atoms with Crippen LogP contribution in [0.1, 0.15) is 335 Å². The molecule has 106 heavy (non-hydrogen) atoms. The Morgan fingerprint density at radius 1 is 0.292 bits per heavy atom. The Hall–Kier alpha value is -5.41. The van der Waals surface area contributed by atoms with Crippen LogP contribution in [0.2, 0.25) is 0 Å². The fourth-order valence-electron chi connectivity index (χ4n) is 11.4. The van der Waals surface area contributed by atoms with Gasteiger partial charge in [-0.15, -0.1) is 0 Å². The van der Waals surface area contributed by atoms with E-state index < -0.39 is 26.5 Å². The minimum atomic E-state index is -4.66. The molecule has 0 N–H and O–H groups in total. The van der Waals surface area contributed by atoms with E-state index in [1.165, 1.54) is 141 Å². The van der Waals surface area contributed by atoms with Gasteiger partial charge >= 0.3 is 11.9 Å². The summed E-state index contributed by atoms with van der Waals surface area (Å²) in [5.41, 5.74) is 0. The van der Waals surface area contributed by atoms with Crippen LogP contribution < -0.4 is 4.89 Å². The van der Waals surface area contributed by atoms with Gasteiger partial charge in [0.25, 0.3) is 7.82 Å². The highest BCUT2D eigenvalue weighted by molar-refractivity contribution is 7.45. The molecule has 0 fully saturated rings. The zero-order valence-corrected chi connectivity index (χ0v) is 69.4. The fourth-order valence-corrected chi connectivity index (χ4v) is 12.1. The molecule has 0 aliphatic rings. The zero-order chi connectivity index (χ0) is 76.8. The number of esters is 2. The van der Waals surface area contributed by atoms with Crippen molar-refractivity contribution in [1.82, 2.24) is 0 Å². The molecule has 2 atom stereocenters. The van der Waals surface area contributed by atoms with E-state index in [1.54, 1.807) is 0 Å². The molecule has 2 unspecified atom stereocenters. The third kappa shape index (κ3) is 87.5. The molecule has 0 spiro atoms. The molecule has 0 aliphatic heterocycles. The number of unbranched alkanes of at least 4 members (excludes halogenated alkanes) is 29. The van der Waals surface area contributed by atoms with E-state index in [2.05, 4.69) is 220 Å². The van der Waals surface area contributed by atoms with E-state index in [4.69, 9.17) is 18.5 Å². The van der Waals surface area contributed by atoms with Crippen molar-refractivity contribution in [2.75, 3.05) is 47.5 Å². The van der Waals surface area contributed by atoms with Crippen molar-refractivity contribution in [3.63, 3.8) is 0 Å². The Balaban J connectivity index is 4.02. The number of allylic oxidation sites excluding steroid dienone is 34. The van der Waals surface area contributed by atoms with Crippen LogP contribution in [0, 0.1) is 0 Å². The number of phosphoric acid groups is 1. The number of carbonyl (C=O) groups is 2. The molecule has 0 aromatic rings. The van der Waals surface area contributed by atoms with Crippen molar-refractivity contribution in [1.29, 1.82) is 0 Å². The smallest absolute Gasteiger partial charge is 0.306 e. The summed E-state index contributed by atoms with van der Waals surface area (Å²) in [6.07, 6.45) is 131. The minimum absolute atomic E-state index is 0.0409. The van der Waals surface area contributed by atoms with Crippen molar-refractivity contribution < 1.29 is 42.1 Å².